The number of amides is 1. The van der Waals surface area contributed by atoms with Crippen LogP contribution in [0.1, 0.15) is 35.4 Å². The zero-order valence-corrected chi connectivity index (χ0v) is 15.6. The first-order valence-electron chi connectivity index (χ1n) is 8.47. The molecule has 0 atom stereocenters. The van der Waals surface area contributed by atoms with Crippen molar-refractivity contribution in [3.05, 3.63) is 40.4 Å². The molecule has 0 radical (unpaired) electrons. The molecule has 0 aliphatic heterocycles. The summed E-state index contributed by atoms with van der Waals surface area (Å²) in [6, 6.07) is 3.67. The van der Waals surface area contributed by atoms with Crippen molar-refractivity contribution in [2.45, 2.75) is 44.2 Å². The number of fused-ring (bicyclic) bond motifs is 3. The molecule has 1 amide bonds. The lowest BCUT2D eigenvalue weighted by atomic mass is 10.2. The number of rotatable bonds is 6. The number of nitrogens with zero attached hydrogens (tertiary/aromatic N) is 2. The summed E-state index contributed by atoms with van der Waals surface area (Å²) in [5.74, 6) is 1.94. The summed E-state index contributed by atoms with van der Waals surface area (Å²) in [5.41, 5.74) is 1.40. The Morgan fingerprint density at radius 1 is 1.40 bits per heavy atom. The predicted molar refractivity (Wildman–Crippen MR) is 100 cm³/mol. The number of furan rings is 1. The molecular formula is C18H19N3O2S2. The average molecular weight is 374 g/mol. The quantitative estimate of drug-likeness (QED) is 0.526. The van der Waals surface area contributed by atoms with E-state index >= 15 is 0 Å². The van der Waals surface area contributed by atoms with Crippen molar-refractivity contribution in [2.75, 3.05) is 5.75 Å². The fraction of sp³-hybridized carbons (Fsp3) is 0.389. The minimum Gasteiger partial charge on any atom is -0.467 e. The van der Waals surface area contributed by atoms with Crippen molar-refractivity contribution in [3.63, 3.8) is 0 Å². The Hall–Kier alpha value is -1.86. The van der Waals surface area contributed by atoms with Gasteiger partial charge in [0.25, 0.3) is 0 Å². The third kappa shape index (κ3) is 3.43. The molecule has 4 rings (SSSR count). The second-order valence-electron chi connectivity index (χ2n) is 5.98. The number of hydrogen-bond acceptors (Lipinski definition) is 6. The molecule has 1 aliphatic carbocycles. The van der Waals surface area contributed by atoms with E-state index in [-0.39, 0.29) is 5.91 Å². The third-order valence-electron chi connectivity index (χ3n) is 4.27. The van der Waals surface area contributed by atoms with Gasteiger partial charge >= 0.3 is 0 Å². The lowest BCUT2D eigenvalue weighted by Gasteiger charge is -2.07. The van der Waals surface area contributed by atoms with Gasteiger partial charge in [-0.2, -0.15) is 0 Å². The van der Waals surface area contributed by atoms with Crippen LogP contribution in [0.15, 0.2) is 27.8 Å². The van der Waals surface area contributed by atoms with Gasteiger partial charge in [0.05, 0.1) is 18.6 Å². The first-order valence-corrected chi connectivity index (χ1v) is 10.3. The van der Waals surface area contributed by atoms with Crippen LogP contribution in [-0.4, -0.2) is 21.6 Å². The summed E-state index contributed by atoms with van der Waals surface area (Å²) in [7, 11) is 0. The molecule has 0 fully saturated rings. The number of carbonyl (C=O) groups excluding carboxylic acids is 1. The highest BCUT2D eigenvalue weighted by Gasteiger charge is 2.22. The normalized spacial score (nSPS) is 13.3. The maximum absolute atomic E-state index is 12.2. The molecule has 0 spiro atoms. The number of aryl methyl sites for hydroxylation is 3. The maximum Gasteiger partial charge on any atom is 0.230 e. The molecule has 25 heavy (non-hydrogen) atoms. The molecular weight excluding hydrogens is 354 g/mol. The van der Waals surface area contributed by atoms with Gasteiger partial charge in [0, 0.05) is 16.7 Å². The Morgan fingerprint density at radius 3 is 3.12 bits per heavy atom. The smallest absolute Gasteiger partial charge is 0.230 e. The number of thioether (sulfide) groups is 1. The summed E-state index contributed by atoms with van der Waals surface area (Å²) >= 11 is 3.30. The van der Waals surface area contributed by atoms with Gasteiger partial charge in [-0.3, -0.25) is 4.79 Å². The highest BCUT2D eigenvalue weighted by atomic mass is 32.2. The van der Waals surface area contributed by atoms with Gasteiger partial charge in [0.1, 0.15) is 21.4 Å². The van der Waals surface area contributed by atoms with Crippen LogP contribution in [0.4, 0.5) is 0 Å². The Balaban J connectivity index is 1.51. The van der Waals surface area contributed by atoms with Gasteiger partial charge in [-0.25, -0.2) is 9.97 Å². The zero-order valence-electron chi connectivity index (χ0n) is 14.0. The van der Waals surface area contributed by atoms with Crippen molar-refractivity contribution in [3.8, 4) is 0 Å². The lowest BCUT2D eigenvalue weighted by molar-refractivity contribution is -0.118. The second-order valence-corrected chi connectivity index (χ2v) is 8.03. The average Bonchev–Trinajstić information content (AvgIpc) is 3.34. The molecule has 0 unspecified atom stereocenters. The summed E-state index contributed by atoms with van der Waals surface area (Å²) in [4.78, 5) is 24.1. The van der Waals surface area contributed by atoms with E-state index in [2.05, 4.69) is 12.2 Å². The molecule has 0 aromatic carbocycles. The minimum atomic E-state index is -0.0157. The number of nitrogens with one attached hydrogen (secondary N) is 1. The van der Waals surface area contributed by atoms with Crippen molar-refractivity contribution in [1.82, 2.24) is 15.3 Å². The SMILES string of the molecule is CCc1nc(SCC(=O)NCc2ccco2)c2c3c(sc2n1)CCC3. The van der Waals surface area contributed by atoms with E-state index in [0.717, 1.165) is 40.7 Å². The van der Waals surface area contributed by atoms with Crippen LogP contribution in [0.3, 0.4) is 0 Å². The number of hydrogen-bond donors (Lipinski definition) is 1. The summed E-state index contributed by atoms with van der Waals surface area (Å²) < 4.78 is 5.23. The van der Waals surface area contributed by atoms with Crippen LogP contribution >= 0.6 is 23.1 Å². The highest BCUT2D eigenvalue weighted by Crippen LogP contribution is 2.40. The molecule has 0 saturated heterocycles. The van der Waals surface area contributed by atoms with Gasteiger partial charge in [-0.05, 0) is 37.0 Å². The molecule has 1 N–H and O–H groups in total. The van der Waals surface area contributed by atoms with E-state index in [1.165, 1.54) is 34.0 Å². The largest absolute Gasteiger partial charge is 0.467 e. The van der Waals surface area contributed by atoms with Crippen molar-refractivity contribution in [2.24, 2.45) is 0 Å². The molecule has 3 aromatic rings. The summed E-state index contributed by atoms with van der Waals surface area (Å²) in [6.45, 7) is 2.48. The molecule has 3 heterocycles. The Bertz CT molecular complexity index is 903. The van der Waals surface area contributed by atoms with Gasteiger partial charge in [-0.15, -0.1) is 11.3 Å². The first-order chi connectivity index (χ1) is 12.2. The van der Waals surface area contributed by atoms with Crippen LogP contribution in [0.5, 0.6) is 0 Å². The lowest BCUT2D eigenvalue weighted by Crippen LogP contribution is -2.24. The third-order valence-corrected chi connectivity index (χ3v) is 6.43. The summed E-state index contributed by atoms with van der Waals surface area (Å²) in [6.07, 6.45) is 5.86. The minimum absolute atomic E-state index is 0.0157. The Labute approximate surface area is 154 Å². The Kier molecular flexibility index (Phi) is 4.76. The standard InChI is InChI=1S/C18H19N3O2S2/c1-2-14-20-17(16-12-6-3-7-13(12)25-18(16)21-14)24-10-15(22)19-9-11-5-4-8-23-11/h4-5,8H,2-3,6-7,9-10H2,1H3,(H,19,22). The number of carbonyl (C=O) groups is 1. The van der Waals surface area contributed by atoms with Crippen LogP contribution < -0.4 is 5.32 Å². The van der Waals surface area contributed by atoms with Crippen molar-refractivity contribution < 1.29 is 9.21 Å². The number of aromatic nitrogens is 2. The highest BCUT2D eigenvalue weighted by molar-refractivity contribution is 8.00. The molecule has 3 aromatic heterocycles. The van der Waals surface area contributed by atoms with Crippen LogP contribution in [0, 0.1) is 0 Å². The summed E-state index contributed by atoms with van der Waals surface area (Å²) in [5, 5.41) is 5.02. The fourth-order valence-electron chi connectivity index (χ4n) is 3.05. The molecule has 7 heteroatoms. The van der Waals surface area contributed by atoms with E-state index in [4.69, 9.17) is 14.4 Å². The van der Waals surface area contributed by atoms with Crippen LogP contribution in [0.2, 0.25) is 0 Å². The van der Waals surface area contributed by atoms with Crippen molar-refractivity contribution >= 4 is 39.2 Å². The number of thiophene rings is 1. The topological polar surface area (TPSA) is 68.0 Å². The van der Waals surface area contributed by atoms with E-state index < -0.39 is 0 Å². The van der Waals surface area contributed by atoms with Gasteiger partial charge in [0.2, 0.25) is 5.91 Å². The van der Waals surface area contributed by atoms with E-state index in [9.17, 15) is 4.79 Å². The van der Waals surface area contributed by atoms with Crippen LogP contribution in [-0.2, 0) is 30.6 Å². The van der Waals surface area contributed by atoms with E-state index in [1.807, 2.05) is 12.1 Å². The van der Waals surface area contributed by atoms with E-state index in [0.29, 0.717) is 12.3 Å². The van der Waals surface area contributed by atoms with E-state index in [1.54, 1.807) is 17.6 Å². The molecule has 5 nitrogen and oxygen atoms in total. The van der Waals surface area contributed by atoms with Gasteiger partial charge in [-0.1, -0.05) is 18.7 Å². The van der Waals surface area contributed by atoms with Crippen molar-refractivity contribution in [1.29, 1.82) is 0 Å². The fourth-order valence-corrected chi connectivity index (χ4v) is 5.30. The molecule has 0 bridgehead atoms. The molecule has 0 saturated carbocycles. The zero-order chi connectivity index (χ0) is 17.2. The van der Waals surface area contributed by atoms with Gasteiger partial charge in [0.15, 0.2) is 0 Å². The predicted octanol–water partition coefficient (Wildman–Crippen LogP) is 3.74. The maximum atomic E-state index is 12.2. The molecule has 130 valence electrons. The molecule has 1 aliphatic rings. The van der Waals surface area contributed by atoms with Crippen LogP contribution in [0.25, 0.3) is 10.2 Å². The monoisotopic (exact) mass is 373 g/mol. The Morgan fingerprint density at radius 2 is 2.32 bits per heavy atom. The second kappa shape index (κ2) is 7.17. The van der Waals surface area contributed by atoms with Gasteiger partial charge < -0.3 is 9.73 Å². The first kappa shape index (κ1) is 16.6.